The number of fused-ring (bicyclic) bond motifs is 1. The zero-order chi connectivity index (χ0) is 13.2. The molecule has 0 saturated carbocycles. The van der Waals surface area contributed by atoms with Crippen LogP contribution in [0.2, 0.25) is 5.02 Å². The van der Waals surface area contributed by atoms with Gasteiger partial charge in [-0.3, -0.25) is 4.79 Å². The molecule has 1 heterocycles. The van der Waals surface area contributed by atoms with E-state index in [4.69, 9.17) is 16.3 Å². The first-order valence-electron chi connectivity index (χ1n) is 6.27. The molecule has 0 fully saturated rings. The summed E-state index contributed by atoms with van der Waals surface area (Å²) in [6.07, 6.45) is 0.721. The van der Waals surface area contributed by atoms with Crippen LogP contribution in [0.4, 0.5) is 0 Å². The van der Waals surface area contributed by atoms with Crippen LogP contribution in [0.1, 0.15) is 28.3 Å². The first kappa shape index (κ1) is 12.2. The number of para-hydroxylation sites is 1. The fraction of sp³-hybridized carbons (Fsp3) is 0.188. The van der Waals surface area contributed by atoms with Crippen LogP contribution in [-0.4, -0.2) is 12.4 Å². The second-order valence-electron chi connectivity index (χ2n) is 4.60. The van der Waals surface area contributed by atoms with E-state index in [0.29, 0.717) is 17.2 Å². The molecule has 1 unspecified atom stereocenters. The van der Waals surface area contributed by atoms with E-state index in [0.717, 1.165) is 17.7 Å². The van der Waals surface area contributed by atoms with Crippen LogP contribution >= 0.6 is 11.6 Å². The summed E-state index contributed by atoms with van der Waals surface area (Å²) in [5.41, 5.74) is 1.68. The Balaban J connectivity index is 1.95. The Morgan fingerprint density at radius 1 is 1.11 bits per heavy atom. The third-order valence-electron chi connectivity index (χ3n) is 3.40. The third-order valence-corrected chi connectivity index (χ3v) is 3.66. The number of rotatable bonds is 2. The van der Waals surface area contributed by atoms with Gasteiger partial charge >= 0.3 is 0 Å². The molecule has 0 amide bonds. The molecule has 2 nitrogen and oxygen atoms in total. The number of ether oxygens (including phenoxy) is 1. The second kappa shape index (κ2) is 5.06. The highest BCUT2D eigenvalue weighted by Crippen LogP contribution is 2.35. The number of carbonyl (C=O) groups excluding carboxylic acids is 1. The van der Waals surface area contributed by atoms with Gasteiger partial charge in [0.05, 0.1) is 12.5 Å². The van der Waals surface area contributed by atoms with Gasteiger partial charge < -0.3 is 4.74 Å². The molecule has 0 radical (unpaired) electrons. The maximum Gasteiger partial charge on any atom is 0.170 e. The molecule has 0 N–H and O–H groups in total. The zero-order valence-electron chi connectivity index (χ0n) is 10.3. The highest BCUT2D eigenvalue weighted by atomic mass is 35.5. The Kier molecular flexibility index (Phi) is 3.26. The summed E-state index contributed by atoms with van der Waals surface area (Å²) in [6, 6.07) is 14.8. The number of carbonyl (C=O) groups is 1. The van der Waals surface area contributed by atoms with Gasteiger partial charge in [0, 0.05) is 16.1 Å². The molecule has 0 saturated heterocycles. The molecule has 1 aliphatic heterocycles. The van der Waals surface area contributed by atoms with Crippen molar-refractivity contribution in [3.63, 3.8) is 0 Å². The summed E-state index contributed by atoms with van der Waals surface area (Å²) < 4.78 is 5.59. The number of ketones is 1. The molecule has 0 aliphatic carbocycles. The molecule has 3 rings (SSSR count). The Morgan fingerprint density at radius 3 is 2.63 bits per heavy atom. The van der Waals surface area contributed by atoms with Gasteiger partial charge in [-0.1, -0.05) is 29.8 Å². The average molecular weight is 273 g/mol. The van der Waals surface area contributed by atoms with Gasteiger partial charge in [0.15, 0.2) is 5.78 Å². The molecule has 0 aromatic heterocycles. The van der Waals surface area contributed by atoms with Crippen molar-refractivity contribution in [2.75, 3.05) is 6.61 Å². The van der Waals surface area contributed by atoms with Crippen LogP contribution in [0.3, 0.4) is 0 Å². The van der Waals surface area contributed by atoms with E-state index in [1.54, 1.807) is 24.3 Å². The van der Waals surface area contributed by atoms with E-state index in [9.17, 15) is 4.79 Å². The Morgan fingerprint density at radius 2 is 1.84 bits per heavy atom. The Hall–Kier alpha value is -1.80. The summed E-state index contributed by atoms with van der Waals surface area (Å²) in [4.78, 5) is 12.6. The van der Waals surface area contributed by atoms with E-state index in [1.807, 2.05) is 24.3 Å². The number of Topliss-reactive ketones (excluding diaryl/α,β-unsaturated/α-hetero) is 1. The molecule has 0 bridgehead atoms. The molecule has 19 heavy (non-hydrogen) atoms. The predicted octanol–water partition coefficient (Wildman–Crippen LogP) is 4.09. The predicted molar refractivity (Wildman–Crippen MR) is 75.1 cm³/mol. The lowest BCUT2D eigenvalue weighted by molar-refractivity contribution is 0.0933. The van der Waals surface area contributed by atoms with Crippen LogP contribution in [0, 0.1) is 0 Å². The first-order chi connectivity index (χ1) is 9.25. The number of benzene rings is 2. The van der Waals surface area contributed by atoms with E-state index in [1.165, 1.54) is 0 Å². The number of halogens is 1. The smallest absolute Gasteiger partial charge is 0.170 e. The monoisotopic (exact) mass is 272 g/mol. The quantitative estimate of drug-likeness (QED) is 0.770. The summed E-state index contributed by atoms with van der Waals surface area (Å²) in [6.45, 7) is 0.584. The standard InChI is InChI=1S/C16H13ClO2/c17-12-7-5-11(6-8-12)16(18)14-9-10-19-15-4-2-1-3-13(14)15/h1-8,14H,9-10H2. The van der Waals surface area contributed by atoms with Crippen LogP contribution in [0.15, 0.2) is 48.5 Å². The highest BCUT2D eigenvalue weighted by Gasteiger charge is 2.27. The lowest BCUT2D eigenvalue weighted by Crippen LogP contribution is -2.21. The van der Waals surface area contributed by atoms with Crippen molar-refractivity contribution in [2.24, 2.45) is 0 Å². The molecule has 2 aromatic rings. The van der Waals surface area contributed by atoms with Crippen molar-refractivity contribution in [3.05, 3.63) is 64.7 Å². The van der Waals surface area contributed by atoms with Gasteiger partial charge in [0.1, 0.15) is 5.75 Å². The Bertz CT molecular complexity index is 604. The van der Waals surface area contributed by atoms with Crippen molar-refractivity contribution in [3.8, 4) is 5.75 Å². The first-order valence-corrected chi connectivity index (χ1v) is 6.65. The number of hydrogen-bond donors (Lipinski definition) is 0. The van der Waals surface area contributed by atoms with Crippen LogP contribution in [0.5, 0.6) is 5.75 Å². The van der Waals surface area contributed by atoms with Gasteiger partial charge in [-0.05, 0) is 36.8 Å². The second-order valence-corrected chi connectivity index (χ2v) is 5.04. The molecule has 1 atom stereocenters. The summed E-state index contributed by atoms with van der Waals surface area (Å²) in [7, 11) is 0. The topological polar surface area (TPSA) is 26.3 Å². The minimum atomic E-state index is -0.119. The van der Waals surface area contributed by atoms with E-state index in [-0.39, 0.29) is 11.7 Å². The largest absolute Gasteiger partial charge is 0.493 e. The van der Waals surface area contributed by atoms with Gasteiger partial charge in [-0.25, -0.2) is 0 Å². The van der Waals surface area contributed by atoms with E-state index in [2.05, 4.69) is 0 Å². The van der Waals surface area contributed by atoms with Crippen LogP contribution in [0.25, 0.3) is 0 Å². The highest BCUT2D eigenvalue weighted by molar-refractivity contribution is 6.30. The number of hydrogen-bond acceptors (Lipinski definition) is 2. The third kappa shape index (κ3) is 2.36. The average Bonchev–Trinajstić information content (AvgIpc) is 2.47. The summed E-state index contributed by atoms with van der Waals surface area (Å²) in [5.74, 6) is 0.833. The molecule has 1 aliphatic rings. The molecular formula is C16H13ClO2. The SMILES string of the molecule is O=C(c1ccc(Cl)cc1)C1CCOc2ccccc21. The lowest BCUT2D eigenvalue weighted by Gasteiger charge is -2.24. The van der Waals surface area contributed by atoms with Crippen molar-refractivity contribution in [2.45, 2.75) is 12.3 Å². The van der Waals surface area contributed by atoms with E-state index >= 15 is 0 Å². The van der Waals surface area contributed by atoms with Crippen molar-refractivity contribution >= 4 is 17.4 Å². The maximum atomic E-state index is 12.6. The minimum Gasteiger partial charge on any atom is -0.493 e. The van der Waals surface area contributed by atoms with Gasteiger partial charge in [-0.2, -0.15) is 0 Å². The van der Waals surface area contributed by atoms with Gasteiger partial charge in [0.25, 0.3) is 0 Å². The maximum absolute atomic E-state index is 12.6. The minimum absolute atomic E-state index is 0.119. The van der Waals surface area contributed by atoms with Crippen LogP contribution in [-0.2, 0) is 0 Å². The van der Waals surface area contributed by atoms with Crippen LogP contribution < -0.4 is 4.74 Å². The molecular weight excluding hydrogens is 260 g/mol. The van der Waals surface area contributed by atoms with Crippen molar-refractivity contribution < 1.29 is 9.53 Å². The lowest BCUT2D eigenvalue weighted by atomic mass is 9.86. The Labute approximate surface area is 117 Å². The fourth-order valence-corrected chi connectivity index (χ4v) is 2.56. The van der Waals surface area contributed by atoms with Gasteiger partial charge in [-0.15, -0.1) is 0 Å². The van der Waals surface area contributed by atoms with Crippen molar-refractivity contribution in [1.82, 2.24) is 0 Å². The van der Waals surface area contributed by atoms with Gasteiger partial charge in [0.2, 0.25) is 0 Å². The fourth-order valence-electron chi connectivity index (χ4n) is 2.43. The summed E-state index contributed by atoms with van der Waals surface area (Å²) >= 11 is 5.85. The van der Waals surface area contributed by atoms with E-state index < -0.39 is 0 Å². The molecule has 2 aromatic carbocycles. The zero-order valence-corrected chi connectivity index (χ0v) is 11.1. The molecule has 96 valence electrons. The van der Waals surface area contributed by atoms with Crippen molar-refractivity contribution in [1.29, 1.82) is 0 Å². The molecule has 0 spiro atoms. The normalized spacial score (nSPS) is 17.4. The molecule has 3 heteroatoms. The summed E-state index contributed by atoms with van der Waals surface area (Å²) in [5, 5.41) is 0.643.